The van der Waals surface area contributed by atoms with Crippen molar-refractivity contribution in [1.82, 2.24) is 9.80 Å². The van der Waals surface area contributed by atoms with E-state index in [4.69, 9.17) is 4.74 Å². The van der Waals surface area contributed by atoms with Crippen LogP contribution >= 0.6 is 0 Å². The topological polar surface area (TPSA) is 45.1 Å². The first-order valence-electron chi connectivity index (χ1n) is 6.44. The van der Waals surface area contributed by atoms with Crippen LogP contribution in [0.25, 0.3) is 0 Å². The summed E-state index contributed by atoms with van der Waals surface area (Å²) in [5.74, 6) is 0.560. The van der Waals surface area contributed by atoms with Gasteiger partial charge in [-0.05, 0) is 31.4 Å². The molecule has 5 heteroatoms. The van der Waals surface area contributed by atoms with E-state index in [-0.39, 0.29) is 11.6 Å². The summed E-state index contributed by atoms with van der Waals surface area (Å²) in [7, 11) is 3.33. The van der Waals surface area contributed by atoms with Crippen molar-refractivity contribution in [3.8, 4) is 0 Å². The molecule has 5 nitrogen and oxygen atoms in total. The molecule has 0 saturated heterocycles. The highest BCUT2D eigenvalue weighted by Crippen LogP contribution is 2.43. The Morgan fingerprint density at radius 2 is 2.26 bits per heavy atom. The summed E-state index contributed by atoms with van der Waals surface area (Å²) in [5.41, 5.74) is 0.852. The molecule has 0 bridgehead atoms. The van der Waals surface area contributed by atoms with Gasteiger partial charge in [-0.1, -0.05) is 0 Å². The fraction of sp³-hybridized carbons (Fsp3) is 0.429. The molecule has 0 aromatic rings. The van der Waals surface area contributed by atoms with Crippen LogP contribution in [0.1, 0.15) is 19.3 Å². The molecule has 1 saturated carbocycles. The minimum absolute atomic E-state index is 0.00931. The zero-order valence-corrected chi connectivity index (χ0v) is 11.2. The second-order valence-electron chi connectivity index (χ2n) is 5.25. The predicted molar refractivity (Wildman–Crippen MR) is 72.4 cm³/mol. The molecule has 0 radical (unpaired) electrons. The van der Waals surface area contributed by atoms with Gasteiger partial charge < -0.3 is 14.5 Å². The minimum atomic E-state index is -0.375. The fourth-order valence-corrected chi connectivity index (χ4v) is 2.50. The number of hydrogen-bond acceptors (Lipinski definition) is 4. The zero-order valence-electron chi connectivity index (χ0n) is 11.2. The van der Waals surface area contributed by atoms with E-state index in [2.05, 4.69) is 9.89 Å². The molecule has 0 N–H and O–H groups in total. The largest absolute Gasteiger partial charge is 0.414 e. The molecule has 3 rings (SSSR count). The van der Waals surface area contributed by atoms with Gasteiger partial charge in [-0.3, -0.25) is 4.99 Å². The first kappa shape index (κ1) is 12.0. The number of nitrogens with zero attached hydrogens (tertiary/aromatic N) is 3. The number of hydrogen-bond donors (Lipinski definition) is 0. The number of rotatable bonds is 1. The quantitative estimate of drug-likeness (QED) is 0.725. The Morgan fingerprint density at radius 3 is 2.89 bits per heavy atom. The number of ether oxygens (including phenoxy) is 1. The van der Waals surface area contributed by atoms with Crippen molar-refractivity contribution in [2.45, 2.75) is 24.8 Å². The molecule has 2 heterocycles. The molecule has 0 aromatic heterocycles. The van der Waals surface area contributed by atoms with Crippen molar-refractivity contribution in [3.05, 3.63) is 36.0 Å². The second kappa shape index (κ2) is 4.26. The van der Waals surface area contributed by atoms with Gasteiger partial charge >= 0.3 is 6.09 Å². The molecular formula is C14H17N3O2. The molecule has 0 atom stereocenters. The van der Waals surface area contributed by atoms with Crippen LogP contribution in [-0.2, 0) is 4.74 Å². The van der Waals surface area contributed by atoms with E-state index in [1.54, 1.807) is 26.4 Å². The van der Waals surface area contributed by atoms with Crippen LogP contribution in [0.15, 0.2) is 41.0 Å². The zero-order chi connectivity index (χ0) is 13.5. The summed E-state index contributed by atoms with van der Waals surface area (Å²) in [5, 5.41) is 0. The van der Waals surface area contributed by atoms with Gasteiger partial charge in [-0.2, -0.15) is 0 Å². The fourth-order valence-electron chi connectivity index (χ4n) is 2.50. The molecule has 100 valence electrons. The molecule has 0 aromatic carbocycles. The molecule has 0 unspecified atom stereocenters. The third-order valence-electron chi connectivity index (χ3n) is 3.77. The maximum Gasteiger partial charge on any atom is 0.414 e. The molecule has 3 aliphatic rings. The Kier molecular flexibility index (Phi) is 2.69. The van der Waals surface area contributed by atoms with Crippen molar-refractivity contribution in [1.29, 1.82) is 0 Å². The maximum atomic E-state index is 11.7. The molecule has 1 fully saturated rings. The molecular weight excluding hydrogens is 242 g/mol. The highest BCUT2D eigenvalue weighted by molar-refractivity contribution is 5.76. The first-order valence-corrected chi connectivity index (χ1v) is 6.44. The van der Waals surface area contributed by atoms with Gasteiger partial charge in [0, 0.05) is 26.5 Å². The molecule has 1 aliphatic carbocycles. The van der Waals surface area contributed by atoms with Crippen molar-refractivity contribution >= 4 is 12.3 Å². The number of carbonyl (C=O) groups is 1. The van der Waals surface area contributed by atoms with Crippen LogP contribution in [0.5, 0.6) is 0 Å². The SMILES string of the molecule is CN(C)C(=O)OC1=CC=CN2C1=CN=CC21CCC1. The van der Waals surface area contributed by atoms with Crippen LogP contribution in [0, 0.1) is 0 Å². The molecule has 19 heavy (non-hydrogen) atoms. The average molecular weight is 259 g/mol. The van der Waals surface area contributed by atoms with Gasteiger partial charge in [0.1, 0.15) is 5.70 Å². The van der Waals surface area contributed by atoms with E-state index in [9.17, 15) is 4.79 Å². The lowest BCUT2D eigenvalue weighted by Crippen LogP contribution is -2.54. The van der Waals surface area contributed by atoms with Crippen molar-refractivity contribution in [2.75, 3.05) is 14.1 Å². The van der Waals surface area contributed by atoms with E-state index >= 15 is 0 Å². The third kappa shape index (κ3) is 1.85. The van der Waals surface area contributed by atoms with Gasteiger partial charge in [0.15, 0.2) is 5.76 Å². The first-order chi connectivity index (χ1) is 9.12. The van der Waals surface area contributed by atoms with E-state index in [1.165, 1.54) is 11.3 Å². The molecule has 1 spiro atoms. The summed E-state index contributed by atoms with van der Waals surface area (Å²) >= 11 is 0. The van der Waals surface area contributed by atoms with Crippen molar-refractivity contribution < 1.29 is 9.53 Å². The highest BCUT2D eigenvalue weighted by Gasteiger charge is 2.44. The van der Waals surface area contributed by atoms with Crippen LogP contribution in [-0.4, -0.2) is 41.7 Å². The molecule has 1 amide bonds. The highest BCUT2D eigenvalue weighted by atomic mass is 16.6. The summed E-state index contributed by atoms with van der Waals surface area (Å²) < 4.78 is 5.40. The third-order valence-corrected chi connectivity index (χ3v) is 3.77. The summed E-state index contributed by atoms with van der Waals surface area (Å²) in [6.07, 6.45) is 12.5. The Hall–Kier alpha value is -2.04. The van der Waals surface area contributed by atoms with E-state index in [0.717, 1.165) is 18.5 Å². The van der Waals surface area contributed by atoms with Gasteiger partial charge in [-0.25, -0.2) is 4.79 Å². The van der Waals surface area contributed by atoms with Crippen LogP contribution in [0.4, 0.5) is 4.79 Å². The average Bonchev–Trinajstić information content (AvgIpc) is 2.36. The van der Waals surface area contributed by atoms with Gasteiger partial charge in [0.25, 0.3) is 0 Å². The van der Waals surface area contributed by atoms with Crippen LogP contribution < -0.4 is 0 Å². The summed E-state index contributed by atoms with van der Waals surface area (Å²) in [6, 6.07) is 0. The minimum Gasteiger partial charge on any atom is -0.408 e. The van der Waals surface area contributed by atoms with E-state index in [0.29, 0.717) is 5.76 Å². The van der Waals surface area contributed by atoms with Crippen molar-refractivity contribution in [3.63, 3.8) is 0 Å². The van der Waals surface area contributed by atoms with Crippen LogP contribution in [0.2, 0.25) is 0 Å². The Morgan fingerprint density at radius 1 is 1.47 bits per heavy atom. The van der Waals surface area contributed by atoms with Crippen LogP contribution in [0.3, 0.4) is 0 Å². The number of fused-ring (bicyclic) bond motifs is 2. The Bertz CT molecular complexity index is 525. The molecule has 2 aliphatic heterocycles. The number of carbonyl (C=O) groups excluding carboxylic acids is 1. The lowest BCUT2D eigenvalue weighted by molar-refractivity contribution is 0.126. The predicted octanol–water partition coefficient (Wildman–Crippen LogP) is 2.25. The number of amides is 1. The van der Waals surface area contributed by atoms with Gasteiger partial charge in [0.2, 0.25) is 0 Å². The normalized spacial score (nSPS) is 22.3. The Labute approximate surface area is 112 Å². The lowest BCUT2D eigenvalue weighted by atomic mass is 9.75. The maximum absolute atomic E-state index is 11.7. The smallest absolute Gasteiger partial charge is 0.408 e. The Balaban J connectivity index is 1.86. The summed E-state index contributed by atoms with van der Waals surface area (Å²) in [4.78, 5) is 19.6. The van der Waals surface area contributed by atoms with Gasteiger partial charge in [0.05, 0.1) is 11.7 Å². The standard InChI is InChI=1S/C14H17N3O2/c1-16(2)13(18)19-12-5-3-8-17-11(12)9-15-10-14(17)6-4-7-14/h3,5,8-10H,4,6-7H2,1-2H3. The number of aliphatic imine (C=N–C) groups is 1. The second-order valence-corrected chi connectivity index (χ2v) is 5.25. The summed E-state index contributed by atoms with van der Waals surface area (Å²) in [6.45, 7) is 0. The lowest BCUT2D eigenvalue weighted by Gasteiger charge is -2.50. The van der Waals surface area contributed by atoms with Gasteiger partial charge in [-0.15, -0.1) is 0 Å². The van der Waals surface area contributed by atoms with E-state index < -0.39 is 0 Å². The van der Waals surface area contributed by atoms with Crippen molar-refractivity contribution in [2.24, 2.45) is 4.99 Å². The monoisotopic (exact) mass is 259 g/mol. The van der Waals surface area contributed by atoms with E-state index in [1.807, 2.05) is 18.5 Å². The number of allylic oxidation sites excluding steroid dienone is 2.